The van der Waals surface area contributed by atoms with Crippen LogP contribution >= 0.6 is 0 Å². The summed E-state index contributed by atoms with van der Waals surface area (Å²) in [5, 5.41) is 14.8. The van der Waals surface area contributed by atoms with Crippen molar-refractivity contribution in [2.75, 3.05) is 7.11 Å². The van der Waals surface area contributed by atoms with E-state index in [1.165, 1.54) is 0 Å². The van der Waals surface area contributed by atoms with Crippen molar-refractivity contribution in [1.29, 1.82) is 0 Å². The van der Waals surface area contributed by atoms with E-state index in [4.69, 9.17) is 4.74 Å². The normalized spacial score (nSPS) is 12.3. The van der Waals surface area contributed by atoms with E-state index in [9.17, 15) is 0 Å². The van der Waals surface area contributed by atoms with E-state index in [2.05, 4.69) is 25.6 Å². The molecule has 0 radical (unpaired) electrons. The summed E-state index contributed by atoms with van der Waals surface area (Å²) in [7, 11) is 1.66. The molecule has 0 aliphatic heterocycles. The first-order valence-electron chi connectivity index (χ1n) is 7.46. The summed E-state index contributed by atoms with van der Waals surface area (Å²) >= 11 is 0. The van der Waals surface area contributed by atoms with Crippen LogP contribution in [0.2, 0.25) is 0 Å². The molecule has 0 bridgehead atoms. The third kappa shape index (κ3) is 3.40. The number of benzene rings is 1. The zero-order valence-electron chi connectivity index (χ0n) is 13.4. The lowest BCUT2D eigenvalue weighted by Gasteiger charge is -2.09. The van der Waals surface area contributed by atoms with E-state index >= 15 is 0 Å². The van der Waals surface area contributed by atoms with Gasteiger partial charge in [0.2, 0.25) is 0 Å². The smallest absolute Gasteiger partial charge is 0.167 e. The molecular weight excluding hydrogens is 292 g/mol. The maximum atomic E-state index is 5.37. The van der Waals surface area contributed by atoms with Crippen LogP contribution in [0.25, 0.3) is 5.69 Å². The van der Waals surface area contributed by atoms with Crippen molar-refractivity contribution in [3.63, 3.8) is 0 Å². The maximum absolute atomic E-state index is 5.37. The number of para-hydroxylation sites is 2. The van der Waals surface area contributed by atoms with Crippen LogP contribution < -0.4 is 10.1 Å². The van der Waals surface area contributed by atoms with E-state index in [0.29, 0.717) is 6.54 Å². The summed E-state index contributed by atoms with van der Waals surface area (Å²) in [6.45, 7) is 4.61. The van der Waals surface area contributed by atoms with E-state index in [0.717, 1.165) is 28.6 Å². The zero-order chi connectivity index (χ0) is 16.2. The molecule has 0 saturated heterocycles. The summed E-state index contributed by atoms with van der Waals surface area (Å²) in [6, 6.07) is 7.86. The highest BCUT2D eigenvalue weighted by molar-refractivity contribution is 5.46. The highest BCUT2D eigenvalue weighted by Crippen LogP contribution is 2.21. The van der Waals surface area contributed by atoms with Gasteiger partial charge in [0.05, 0.1) is 19.3 Å². The van der Waals surface area contributed by atoms with Crippen molar-refractivity contribution >= 4 is 0 Å². The Hall–Kier alpha value is -2.67. The number of ether oxygens (including phenoxy) is 1. The topological polar surface area (TPSA) is 80.6 Å². The molecule has 2 aromatic heterocycles. The van der Waals surface area contributed by atoms with Gasteiger partial charge in [0.25, 0.3) is 0 Å². The van der Waals surface area contributed by atoms with E-state index in [1.807, 2.05) is 55.2 Å². The standard InChI is InChI=1S/C16H20N6O/c1-11(16-19-12(2)20-21-16)17-8-13-9-18-22(10-13)14-6-4-5-7-15(14)23-3/h4-7,9-11,17H,8H2,1-3H3,(H,19,20,21). The van der Waals surface area contributed by atoms with Crippen LogP contribution in [-0.4, -0.2) is 32.1 Å². The van der Waals surface area contributed by atoms with Crippen LogP contribution in [0, 0.1) is 6.92 Å². The van der Waals surface area contributed by atoms with E-state index in [1.54, 1.807) is 7.11 Å². The lowest BCUT2D eigenvalue weighted by molar-refractivity contribution is 0.411. The number of H-pyrrole nitrogens is 1. The van der Waals surface area contributed by atoms with Crippen LogP contribution in [-0.2, 0) is 6.54 Å². The van der Waals surface area contributed by atoms with Gasteiger partial charge in [0, 0.05) is 18.3 Å². The van der Waals surface area contributed by atoms with Crippen molar-refractivity contribution < 1.29 is 4.74 Å². The number of nitrogens with zero attached hydrogens (tertiary/aromatic N) is 4. The third-order valence-electron chi connectivity index (χ3n) is 3.58. The summed E-state index contributed by atoms with van der Waals surface area (Å²) in [5.41, 5.74) is 1.99. The zero-order valence-corrected chi connectivity index (χ0v) is 13.4. The van der Waals surface area contributed by atoms with Gasteiger partial charge in [-0.1, -0.05) is 12.1 Å². The van der Waals surface area contributed by atoms with Gasteiger partial charge in [-0.05, 0) is 26.0 Å². The Morgan fingerprint density at radius 2 is 2.17 bits per heavy atom. The molecule has 2 heterocycles. The highest BCUT2D eigenvalue weighted by atomic mass is 16.5. The molecule has 0 amide bonds. The van der Waals surface area contributed by atoms with Gasteiger partial charge in [-0.3, -0.25) is 5.10 Å². The number of rotatable bonds is 6. The fourth-order valence-corrected chi connectivity index (χ4v) is 2.32. The van der Waals surface area contributed by atoms with Crippen LogP contribution in [0.1, 0.15) is 30.2 Å². The first-order chi connectivity index (χ1) is 11.2. The van der Waals surface area contributed by atoms with Crippen molar-refractivity contribution in [3.05, 3.63) is 53.9 Å². The number of aromatic amines is 1. The molecule has 1 aromatic carbocycles. The molecule has 23 heavy (non-hydrogen) atoms. The summed E-state index contributed by atoms with van der Waals surface area (Å²) in [5.74, 6) is 2.37. The number of hydrogen-bond acceptors (Lipinski definition) is 5. The largest absolute Gasteiger partial charge is 0.494 e. The van der Waals surface area contributed by atoms with Crippen LogP contribution in [0.5, 0.6) is 5.75 Å². The van der Waals surface area contributed by atoms with Gasteiger partial charge < -0.3 is 10.1 Å². The Morgan fingerprint density at radius 3 is 2.91 bits per heavy atom. The van der Waals surface area contributed by atoms with Gasteiger partial charge in [-0.2, -0.15) is 10.2 Å². The molecule has 0 aliphatic carbocycles. The van der Waals surface area contributed by atoms with Gasteiger partial charge in [0.1, 0.15) is 17.3 Å². The number of aryl methyl sites for hydroxylation is 1. The van der Waals surface area contributed by atoms with Crippen LogP contribution in [0.4, 0.5) is 0 Å². The highest BCUT2D eigenvalue weighted by Gasteiger charge is 2.11. The lowest BCUT2D eigenvalue weighted by atomic mass is 10.2. The Kier molecular flexibility index (Phi) is 4.38. The van der Waals surface area contributed by atoms with Crippen LogP contribution in [0.3, 0.4) is 0 Å². The molecule has 0 fully saturated rings. The van der Waals surface area contributed by atoms with Crippen molar-refractivity contribution in [2.45, 2.75) is 26.4 Å². The van der Waals surface area contributed by atoms with Crippen molar-refractivity contribution in [2.24, 2.45) is 0 Å². The number of nitrogens with one attached hydrogen (secondary N) is 2. The van der Waals surface area contributed by atoms with Crippen molar-refractivity contribution in [1.82, 2.24) is 30.3 Å². The minimum absolute atomic E-state index is 0.0644. The molecule has 0 saturated carbocycles. The molecule has 7 nitrogen and oxygen atoms in total. The molecular formula is C16H20N6O. The predicted octanol–water partition coefficient (Wildman–Crippen LogP) is 2.16. The first-order valence-corrected chi connectivity index (χ1v) is 7.46. The number of hydrogen-bond donors (Lipinski definition) is 2. The minimum atomic E-state index is 0.0644. The molecule has 3 aromatic rings. The Bertz CT molecular complexity index is 778. The Morgan fingerprint density at radius 1 is 1.35 bits per heavy atom. The lowest BCUT2D eigenvalue weighted by Crippen LogP contribution is -2.19. The number of methoxy groups -OCH3 is 1. The molecule has 2 N–H and O–H groups in total. The SMILES string of the molecule is COc1ccccc1-n1cc(CNC(C)c2n[nH]c(C)n2)cn1. The minimum Gasteiger partial charge on any atom is -0.494 e. The molecule has 3 rings (SSSR count). The quantitative estimate of drug-likeness (QED) is 0.729. The molecule has 0 aliphatic rings. The van der Waals surface area contributed by atoms with Gasteiger partial charge in [-0.25, -0.2) is 9.67 Å². The fraction of sp³-hybridized carbons (Fsp3) is 0.312. The fourth-order valence-electron chi connectivity index (χ4n) is 2.32. The maximum Gasteiger partial charge on any atom is 0.167 e. The summed E-state index contributed by atoms with van der Waals surface area (Å²) in [4.78, 5) is 4.33. The monoisotopic (exact) mass is 312 g/mol. The molecule has 1 atom stereocenters. The Labute approximate surface area is 134 Å². The first kappa shape index (κ1) is 15.2. The predicted molar refractivity (Wildman–Crippen MR) is 86.5 cm³/mol. The van der Waals surface area contributed by atoms with Gasteiger partial charge in [0.15, 0.2) is 5.82 Å². The third-order valence-corrected chi connectivity index (χ3v) is 3.58. The van der Waals surface area contributed by atoms with E-state index in [-0.39, 0.29) is 6.04 Å². The van der Waals surface area contributed by atoms with Crippen LogP contribution in [0.15, 0.2) is 36.7 Å². The summed E-state index contributed by atoms with van der Waals surface area (Å²) < 4.78 is 7.19. The average molecular weight is 312 g/mol. The van der Waals surface area contributed by atoms with Gasteiger partial charge in [-0.15, -0.1) is 0 Å². The molecule has 0 spiro atoms. The Balaban J connectivity index is 1.68. The molecule has 120 valence electrons. The second-order valence-electron chi connectivity index (χ2n) is 5.35. The average Bonchev–Trinajstić information content (AvgIpc) is 3.21. The van der Waals surface area contributed by atoms with E-state index < -0.39 is 0 Å². The second kappa shape index (κ2) is 6.62. The summed E-state index contributed by atoms with van der Waals surface area (Å²) in [6.07, 6.45) is 3.83. The van der Waals surface area contributed by atoms with Crippen molar-refractivity contribution in [3.8, 4) is 11.4 Å². The molecule has 1 unspecified atom stereocenters. The number of aromatic nitrogens is 5. The molecule has 7 heteroatoms. The second-order valence-corrected chi connectivity index (χ2v) is 5.35. The van der Waals surface area contributed by atoms with Gasteiger partial charge >= 0.3 is 0 Å².